The van der Waals surface area contributed by atoms with Gasteiger partial charge in [0.2, 0.25) is 0 Å². The van der Waals surface area contributed by atoms with E-state index in [-0.39, 0.29) is 5.41 Å². The molecule has 0 saturated heterocycles. The van der Waals surface area contributed by atoms with Crippen LogP contribution >= 0.6 is 0 Å². The Balaban J connectivity index is 1.57. The summed E-state index contributed by atoms with van der Waals surface area (Å²) in [6.07, 6.45) is 7.75. The lowest BCUT2D eigenvalue weighted by Gasteiger charge is -2.19. The molecule has 5 heteroatoms. The van der Waals surface area contributed by atoms with Crippen LogP contribution < -0.4 is 0 Å². The molecule has 1 N–H and O–H groups in total. The first kappa shape index (κ1) is 17.1. The topological polar surface area (TPSA) is 63.3 Å². The van der Waals surface area contributed by atoms with Crippen molar-refractivity contribution < 1.29 is 5.11 Å². The van der Waals surface area contributed by atoms with E-state index in [1.165, 1.54) is 5.56 Å². The van der Waals surface area contributed by atoms with E-state index in [1.54, 1.807) is 20.0 Å². The molecule has 0 aliphatic heterocycles. The zero-order valence-electron chi connectivity index (χ0n) is 16.0. The predicted molar refractivity (Wildman–Crippen MR) is 108 cm³/mol. The molecule has 5 rings (SSSR count). The van der Waals surface area contributed by atoms with Crippen molar-refractivity contribution in [3.63, 3.8) is 0 Å². The molecule has 1 aliphatic carbocycles. The van der Waals surface area contributed by atoms with Crippen LogP contribution in [0.4, 0.5) is 0 Å². The largest absolute Gasteiger partial charge is 0.386 e. The van der Waals surface area contributed by atoms with Crippen LogP contribution in [0.3, 0.4) is 0 Å². The van der Waals surface area contributed by atoms with Gasteiger partial charge in [0.15, 0.2) is 5.65 Å². The molecule has 1 saturated carbocycles. The van der Waals surface area contributed by atoms with Gasteiger partial charge in [-0.15, -0.1) is 10.2 Å². The van der Waals surface area contributed by atoms with Crippen molar-refractivity contribution in [1.29, 1.82) is 0 Å². The molecule has 1 fully saturated rings. The van der Waals surface area contributed by atoms with Gasteiger partial charge in [-0.1, -0.05) is 36.4 Å². The summed E-state index contributed by atoms with van der Waals surface area (Å²) in [5.41, 5.74) is 3.97. The number of benzene rings is 1. The van der Waals surface area contributed by atoms with E-state index in [1.807, 2.05) is 35.0 Å². The van der Waals surface area contributed by atoms with Crippen LogP contribution in [0.5, 0.6) is 0 Å². The van der Waals surface area contributed by atoms with E-state index in [9.17, 15) is 5.11 Å². The minimum absolute atomic E-state index is 0.106. The number of rotatable bonds is 4. The van der Waals surface area contributed by atoms with Crippen LogP contribution in [0.15, 0.2) is 67.1 Å². The second-order valence-corrected chi connectivity index (χ2v) is 8.10. The van der Waals surface area contributed by atoms with Crippen molar-refractivity contribution in [2.45, 2.75) is 37.7 Å². The fraction of sp³-hybridized carbons (Fsp3) is 0.261. The van der Waals surface area contributed by atoms with E-state index in [4.69, 9.17) is 0 Å². The second-order valence-electron chi connectivity index (χ2n) is 8.10. The second kappa shape index (κ2) is 5.97. The van der Waals surface area contributed by atoms with Gasteiger partial charge in [0, 0.05) is 24.2 Å². The first-order valence-corrected chi connectivity index (χ1v) is 9.57. The van der Waals surface area contributed by atoms with Crippen molar-refractivity contribution in [3.8, 4) is 11.1 Å². The van der Waals surface area contributed by atoms with E-state index in [2.05, 4.69) is 45.5 Å². The highest BCUT2D eigenvalue weighted by Gasteiger charge is 2.49. The Labute approximate surface area is 163 Å². The van der Waals surface area contributed by atoms with Crippen LogP contribution in [0, 0.1) is 0 Å². The monoisotopic (exact) mass is 370 g/mol. The van der Waals surface area contributed by atoms with Gasteiger partial charge in [0.25, 0.3) is 0 Å². The molecule has 0 amide bonds. The van der Waals surface area contributed by atoms with Crippen LogP contribution in [-0.2, 0) is 11.0 Å². The van der Waals surface area contributed by atoms with Crippen LogP contribution in [0.2, 0.25) is 0 Å². The van der Waals surface area contributed by atoms with Gasteiger partial charge in [-0.05, 0) is 55.5 Å². The third-order valence-electron chi connectivity index (χ3n) is 5.70. The fourth-order valence-electron chi connectivity index (χ4n) is 4.00. The Morgan fingerprint density at radius 3 is 2.39 bits per heavy atom. The molecule has 140 valence electrons. The molecule has 0 atom stereocenters. The first-order chi connectivity index (χ1) is 13.5. The normalized spacial score (nSPS) is 15.7. The van der Waals surface area contributed by atoms with Crippen LogP contribution in [0.25, 0.3) is 16.8 Å². The fourth-order valence-corrected chi connectivity index (χ4v) is 4.00. The van der Waals surface area contributed by atoms with Gasteiger partial charge in [0.05, 0.1) is 11.0 Å². The van der Waals surface area contributed by atoms with Gasteiger partial charge in [0.1, 0.15) is 5.82 Å². The van der Waals surface area contributed by atoms with Gasteiger partial charge < -0.3 is 5.11 Å². The number of hydrogen-bond acceptors (Lipinski definition) is 4. The summed E-state index contributed by atoms with van der Waals surface area (Å²) >= 11 is 0. The maximum Gasteiger partial charge on any atom is 0.166 e. The standard InChI is InChI=1S/C23H22N4O/c1-22(2,28)19-6-4-14-27-20(19)25-26-21(27)23(11-12-23)18-9-7-16(8-10-18)17-5-3-13-24-15-17/h3-10,13-15,28H,11-12H2,1-2H3. The van der Waals surface area contributed by atoms with Gasteiger partial charge in [-0.25, -0.2) is 0 Å². The molecule has 28 heavy (non-hydrogen) atoms. The molecule has 3 aromatic heterocycles. The number of pyridine rings is 2. The lowest BCUT2D eigenvalue weighted by Crippen LogP contribution is -2.18. The van der Waals surface area contributed by atoms with Crippen molar-refractivity contribution in [3.05, 3.63) is 84.1 Å². The van der Waals surface area contributed by atoms with Crippen molar-refractivity contribution in [1.82, 2.24) is 19.6 Å². The number of hydrogen-bond donors (Lipinski definition) is 1. The number of aromatic nitrogens is 4. The lowest BCUT2D eigenvalue weighted by molar-refractivity contribution is 0.0796. The Kier molecular flexibility index (Phi) is 3.64. The molecule has 0 unspecified atom stereocenters. The minimum Gasteiger partial charge on any atom is -0.386 e. The summed E-state index contributed by atoms with van der Waals surface area (Å²) in [5.74, 6) is 0.947. The summed E-state index contributed by atoms with van der Waals surface area (Å²) in [5, 5.41) is 19.5. The summed E-state index contributed by atoms with van der Waals surface area (Å²) in [7, 11) is 0. The summed E-state index contributed by atoms with van der Waals surface area (Å²) < 4.78 is 2.04. The molecule has 1 aliphatic rings. The van der Waals surface area contributed by atoms with Gasteiger partial charge in [-0.2, -0.15) is 0 Å². The Bertz CT molecular complexity index is 1140. The average molecular weight is 370 g/mol. The van der Waals surface area contributed by atoms with E-state index < -0.39 is 5.60 Å². The van der Waals surface area contributed by atoms with Crippen molar-refractivity contribution in [2.75, 3.05) is 0 Å². The molecule has 5 nitrogen and oxygen atoms in total. The van der Waals surface area contributed by atoms with Crippen LogP contribution in [0.1, 0.15) is 43.6 Å². The zero-order chi connectivity index (χ0) is 19.4. The third kappa shape index (κ3) is 2.62. The molecule has 0 bridgehead atoms. The Morgan fingerprint density at radius 2 is 1.75 bits per heavy atom. The minimum atomic E-state index is -0.963. The summed E-state index contributed by atoms with van der Waals surface area (Å²) in [6.45, 7) is 3.56. The molecule has 0 radical (unpaired) electrons. The third-order valence-corrected chi connectivity index (χ3v) is 5.70. The highest BCUT2D eigenvalue weighted by Crippen LogP contribution is 2.53. The molecule has 0 spiro atoms. The zero-order valence-corrected chi connectivity index (χ0v) is 16.0. The van der Waals surface area contributed by atoms with Crippen LogP contribution in [-0.4, -0.2) is 24.7 Å². The van der Waals surface area contributed by atoms with Gasteiger partial charge >= 0.3 is 0 Å². The maximum atomic E-state index is 10.5. The first-order valence-electron chi connectivity index (χ1n) is 9.57. The Hall–Kier alpha value is -3.05. The maximum absolute atomic E-state index is 10.5. The summed E-state index contributed by atoms with van der Waals surface area (Å²) in [6, 6.07) is 16.6. The number of nitrogens with zero attached hydrogens (tertiary/aromatic N) is 4. The van der Waals surface area contributed by atoms with E-state index in [0.29, 0.717) is 0 Å². The molecular formula is C23H22N4O. The highest BCUT2D eigenvalue weighted by molar-refractivity contribution is 5.63. The van der Waals surface area contributed by atoms with E-state index in [0.717, 1.165) is 41.0 Å². The predicted octanol–water partition coefficient (Wildman–Crippen LogP) is 4.10. The Morgan fingerprint density at radius 1 is 0.964 bits per heavy atom. The smallest absolute Gasteiger partial charge is 0.166 e. The highest BCUT2D eigenvalue weighted by atomic mass is 16.3. The van der Waals surface area contributed by atoms with Gasteiger partial charge in [-0.3, -0.25) is 9.38 Å². The number of fused-ring (bicyclic) bond motifs is 1. The number of aliphatic hydroxyl groups is 1. The molecule has 4 aromatic rings. The molecule has 1 aromatic carbocycles. The summed E-state index contributed by atoms with van der Waals surface area (Å²) in [4.78, 5) is 4.21. The quantitative estimate of drug-likeness (QED) is 0.587. The lowest BCUT2D eigenvalue weighted by atomic mass is 9.93. The SMILES string of the molecule is CC(C)(O)c1cccn2c(C3(c4ccc(-c5cccnc5)cc4)CC3)nnc12. The average Bonchev–Trinajstić information content (AvgIpc) is 3.40. The van der Waals surface area contributed by atoms with Crippen molar-refractivity contribution >= 4 is 5.65 Å². The molecule has 3 heterocycles. The molecular weight excluding hydrogens is 348 g/mol. The van der Waals surface area contributed by atoms with E-state index >= 15 is 0 Å². The van der Waals surface area contributed by atoms with Crippen molar-refractivity contribution in [2.24, 2.45) is 0 Å².